The lowest BCUT2D eigenvalue weighted by atomic mass is 9.89. The first kappa shape index (κ1) is 28.1. The van der Waals surface area contributed by atoms with Crippen LogP contribution >= 0.6 is 0 Å². The van der Waals surface area contributed by atoms with E-state index in [1.54, 1.807) is 25.1 Å². The van der Waals surface area contributed by atoms with E-state index in [9.17, 15) is 40.2 Å². The van der Waals surface area contributed by atoms with Crippen molar-refractivity contribution >= 4 is 11.4 Å². The summed E-state index contributed by atoms with van der Waals surface area (Å²) in [5, 5.41) is 24.8. The van der Waals surface area contributed by atoms with Gasteiger partial charge in [0.2, 0.25) is 0 Å². The average molecular weight is 583 g/mol. The molecule has 1 unspecified atom stereocenters. The lowest BCUT2D eigenvalue weighted by molar-refractivity contribution is -0.338. The predicted octanol–water partition coefficient (Wildman–Crippen LogP) is 5.47. The highest BCUT2D eigenvalue weighted by atomic mass is 19.4. The summed E-state index contributed by atoms with van der Waals surface area (Å²) in [5.41, 5.74) is -5.41. The molecule has 1 atom stereocenters. The van der Waals surface area contributed by atoms with Crippen molar-refractivity contribution in [2.75, 3.05) is 5.01 Å². The van der Waals surface area contributed by atoms with Gasteiger partial charge in [0.1, 0.15) is 12.1 Å². The van der Waals surface area contributed by atoms with Gasteiger partial charge in [-0.3, -0.25) is 5.01 Å². The molecule has 0 amide bonds. The Kier molecular flexibility index (Phi) is 6.75. The van der Waals surface area contributed by atoms with Crippen LogP contribution in [0.1, 0.15) is 23.6 Å². The number of benzene rings is 2. The van der Waals surface area contributed by atoms with Gasteiger partial charge in [-0.15, -0.1) is 5.10 Å². The summed E-state index contributed by atoms with van der Waals surface area (Å²) in [6, 6.07) is 8.25. The van der Waals surface area contributed by atoms with E-state index in [2.05, 4.69) is 25.6 Å². The zero-order valence-corrected chi connectivity index (χ0v) is 20.7. The molecule has 41 heavy (non-hydrogen) atoms. The lowest BCUT2D eigenvalue weighted by Crippen LogP contribution is -2.62. The fourth-order valence-electron chi connectivity index (χ4n) is 4.49. The number of nitrogens with zero attached hydrogens (tertiary/aromatic N) is 7. The van der Waals surface area contributed by atoms with Crippen molar-refractivity contribution in [2.45, 2.75) is 37.3 Å². The number of aliphatic hydroxyl groups is 1. The van der Waals surface area contributed by atoms with Crippen molar-refractivity contribution in [1.29, 1.82) is 0 Å². The maximum Gasteiger partial charge on any atom is 0.431 e. The molecule has 1 aliphatic rings. The highest BCUT2D eigenvalue weighted by molar-refractivity contribution is 5.97. The Morgan fingerprint density at radius 2 is 1.61 bits per heavy atom. The number of anilines is 1. The SMILES string of the molecule is Cc1cc(-n2cnnn2)ncc1-c1ccc(C2CC(C(O)(C(F)(F)F)C(F)(F)F)=NN2c2ccc(F)cc2F)cc1. The normalized spacial score (nSPS) is 16.3. The predicted molar refractivity (Wildman–Crippen MR) is 128 cm³/mol. The summed E-state index contributed by atoms with van der Waals surface area (Å²) < 4.78 is 111. The Morgan fingerprint density at radius 3 is 2.17 bits per heavy atom. The molecule has 0 saturated carbocycles. The number of rotatable bonds is 5. The number of alkyl halides is 6. The van der Waals surface area contributed by atoms with Gasteiger partial charge in [0.25, 0.3) is 5.60 Å². The third-order valence-electron chi connectivity index (χ3n) is 6.59. The molecular formula is C25H17F8N7O. The van der Waals surface area contributed by atoms with Gasteiger partial charge in [-0.2, -0.15) is 36.1 Å². The van der Waals surface area contributed by atoms with Crippen molar-refractivity contribution in [2.24, 2.45) is 5.10 Å². The quantitative estimate of drug-likeness (QED) is 0.313. The summed E-state index contributed by atoms with van der Waals surface area (Å²) in [6.45, 7) is 1.78. The van der Waals surface area contributed by atoms with Crippen LogP contribution in [-0.2, 0) is 0 Å². The van der Waals surface area contributed by atoms with Gasteiger partial charge >= 0.3 is 12.4 Å². The van der Waals surface area contributed by atoms with Crippen LogP contribution in [0.5, 0.6) is 0 Å². The van der Waals surface area contributed by atoms with Gasteiger partial charge in [-0.25, -0.2) is 13.8 Å². The number of hydrogen-bond donors (Lipinski definition) is 1. The Bertz CT molecular complexity index is 1590. The molecule has 0 radical (unpaired) electrons. The van der Waals surface area contributed by atoms with E-state index in [-0.39, 0.29) is 5.56 Å². The third-order valence-corrected chi connectivity index (χ3v) is 6.59. The van der Waals surface area contributed by atoms with Gasteiger partial charge in [0.05, 0.1) is 17.4 Å². The summed E-state index contributed by atoms with van der Waals surface area (Å²) >= 11 is 0. The number of pyridine rings is 1. The maximum atomic E-state index is 14.7. The number of aryl methyl sites for hydroxylation is 1. The molecule has 1 N–H and O–H groups in total. The van der Waals surface area contributed by atoms with Crippen LogP contribution < -0.4 is 5.01 Å². The fourth-order valence-corrected chi connectivity index (χ4v) is 4.49. The van der Waals surface area contributed by atoms with Crippen molar-refractivity contribution in [3.63, 3.8) is 0 Å². The molecular weight excluding hydrogens is 566 g/mol. The van der Waals surface area contributed by atoms with Gasteiger partial charge in [0, 0.05) is 24.2 Å². The number of hydrogen-bond acceptors (Lipinski definition) is 7. The van der Waals surface area contributed by atoms with E-state index < -0.39 is 53.4 Å². The fraction of sp³-hybridized carbons (Fsp3) is 0.240. The minimum atomic E-state index is -6.19. The molecule has 4 aromatic rings. The molecule has 2 aromatic carbocycles. The maximum absolute atomic E-state index is 14.7. The zero-order valence-electron chi connectivity index (χ0n) is 20.7. The topological polar surface area (TPSA) is 92.3 Å². The Hall–Kier alpha value is -4.47. The summed E-state index contributed by atoms with van der Waals surface area (Å²) in [7, 11) is 0. The van der Waals surface area contributed by atoms with E-state index in [1.807, 2.05) is 0 Å². The van der Waals surface area contributed by atoms with Crippen LogP contribution in [0.3, 0.4) is 0 Å². The molecule has 1 aliphatic heterocycles. The number of tetrazole rings is 1. The van der Waals surface area contributed by atoms with Crippen molar-refractivity contribution in [3.05, 3.63) is 83.8 Å². The molecule has 0 aliphatic carbocycles. The van der Waals surface area contributed by atoms with E-state index >= 15 is 0 Å². The molecule has 8 nitrogen and oxygen atoms in total. The second-order valence-electron chi connectivity index (χ2n) is 9.15. The first-order valence-corrected chi connectivity index (χ1v) is 11.7. The largest absolute Gasteiger partial charge is 0.431 e. The van der Waals surface area contributed by atoms with Crippen molar-refractivity contribution in [3.8, 4) is 16.9 Å². The first-order chi connectivity index (χ1) is 19.2. The minimum Gasteiger partial charge on any atom is -0.369 e. The molecule has 0 saturated heterocycles. The second kappa shape index (κ2) is 9.87. The lowest BCUT2D eigenvalue weighted by Gasteiger charge is -2.32. The molecule has 0 fully saturated rings. The Morgan fingerprint density at radius 1 is 0.927 bits per heavy atom. The molecule has 5 rings (SSSR count). The standard InChI is InChI=1S/C25H17F8N7O/c1-13-8-22(39-12-35-37-38-39)34-11-17(13)14-2-4-15(5-3-14)20-10-21(23(41,24(28,29)30)25(31,32)33)36-40(20)19-7-6-16(26)9-18(19)27/h2-9,11-12,20,41H,10H2,1H3. The van der Waals surface area contributed by atoms with Gasteiger partial charge in [-0.1, -0.05) is 24.3 Å². The average Bonchev–Trinajstić information content (AvgIpc) is 3.58. The monoisotopic (exact) mass is 583 g/mol. The highest BCUT2D eigenvalue weighted by Crippen LogP contribution is 2.49. The molecule has 0 bridgehead atoms. The zero-order chi connectivity index (χ0) is 29.7. The molecule has 16 heteroatoms. The molecule has 0 spiro atoms. The van der Waals surface area contributed by atoms with Crippen LogP contribution in [0, 0.1) is 18.6 Å². The summed E-state index contributed by atoms with van der Waals surface area (Å²) in [4.78, 5) is 4.29. The first-order valence-electron chi connectivity index (χ1n) is 11.7. The summed E-state index contributed by atoms with van der Waals surface area (Å²) in [6.07, 6.45) is -10.6. The number of halogens is 8. The highest BCUT2D eigenvalue weighted by Gasteiger charge is 2.74. The van der Waals surface area contributed by atoms with E-state index in [0.29, 0.717) is 28.0 Å². The Labute approximate surface area is 225 Å². The molecule has 3 heterocycles. The van der Waals surface area contributed by atoms with Crippen LogP contribution in [0.4, 0.5) is 40.8 Å². The van der Waals surface area contributed by atoms with E-state index in [1.165, 1.54) is 29.3 Å². The van der Waals surface area contributed by atoms with Crippen molar-refractivity contribution < 1.29 is 40.2 Å². The minimum absolute atomic E-state index is 0.152. The van der Waals surface area contributed by atoms with E-state index in [4.69, 9.17) is 0 Å². The van der Waals surface area contributed by atoms with Crippen LogP contribution in [0.25, 0.3) is 16.9 Å². The number of hydrazone groups is 1. The van der Waals surface area contributed by atoms with Crippen LogP contribution in [0.2, 0.25) is 0 Å². The molecule has 214 valence electrons. The van der Waals surface area contributed by atoms with Gasteiger partial charge in [0.15, 0.2) is 11.6 Å². The Balaban J connectivity index is 1.53. The summed E-state index contributed by atoms with van der Waals surface area (Å²) in [5.74, 6) is -1.86. The molecule has 2 aromatic heterocycles. The van der Waals surface area contributed by atoms with Gasteiger partial charge < -0.3 is 5.11 Å². The smallest absolute Gasteiger partial charge is 0.369 e. The van der Waals surface area contributed by atoms with Gasteiger partial charge in [-0.05, 0) is 52.2 Å². The van der Waals surface area contributed by atoms with Crippen LogP contribution in [-0.4, -0.2) is 54.0 Å². The van der Waals surface area contributed by atoms with E-state index in [0.717, 1.165) is 17.7 Å². The number of aromatic nitrogens is 5. The third kappa shape index (κ3) is 4.87. The van der Waals surface area contributed by atoms with Crippen molar-refractivity contribution in [1.82, 2.24) is 25.2 Å². The second-order valence-corrected chi connectivity index (χ2v) is 9.15. The van der Waals surface area contributed by atoms with Crippen LogP contribution in [0.15, 0.2) is 66.2 Å².